The molecule has 2 aromatic carbocycles. The van der Waals surface area contributed by atoms with E-state index < -0.39 is 23.1 Å². The van der Waals surface area contributed by atoms with Gasteiger partial charge < -0.3 is 11.1 Å². The summed E-state index contributed by atoms with van der Waals surface area (Å²) in [6.07, 6.45) is 2.00. The summed E-state index contributed by atoms with van der Waals surface area (Å²) < 4.78 is 27.8. The minimum absolute atomic E-state index is 0.128. The number of Topliss-reactive ketones (excluding diaryl/α,β-unsaturated/α-hetero) is 1. The minimum atomic E-state index is -1.13. The topological polar surface area (TPSA) is 85.1 Å². The van der Waals surface area contributed by atoms with Gasteiger partial charge >= 0.3 is 0 Å². The number of halogens is 2. The Bertz CT molecular complexity index is 1120. The fourth-order valence-corrected chi connectivity index (χ4v) is 4.95. The van der Waals surface area contributed by atoms with E-state index in [1.54, 1.807) is 30.3 Å². The molecule has 0 bridgehead atoms. The predicted octanol–water partition coefficient (Wildman–Crippen LogP) is 4.33. The molecule has 3 aromatic rings. The van der Waals surface area contributed by atoms with Crippen LogP contribution in [0.15, 0.2) is 48.5 Å². The molecular weight excluding hydrogens is 420 g/mol. The van der Waals surface area contributed by atoms with Crippen molar-refractivity contribution in [1.82, 2.24) is 10.3 Å². The van der Waals surface area contributed by atoms with Crippen molar-refractivity contribution in [2.24, 2.45) is 5.73 Å². The van der Waals surface area contributed by atoms with E-state index in [1.807, 2.05) is 0 Å². The Morgan fingerprint density at radius 2 is 1.84 bits per heavy atom. The summed E-state index contributed by atoms with van der Waals surface area (Å²) >= 11 is 1.15. The highest BCUT2D eigenvalue weighted by Gasteiger charge is 2.40. The lowest BCUT2D eigenvalue weighted by atomic mass is 9.83. The van der Waals surface area contributed by atoms with E-state index in [-0.39, 0.29) is 23.5 Å². The number of carbonyl (C=O) groups excluding carboxylic acids is 2. The van der Waals surface area contributed by atoms with Gasteiger partial charge in [0.25, 0.3) is 0 Å². The number of nitrogens with zero attached hydrogens (tertiary/aromatic N) is 1. The molecule has 0 radical (unpaired) electrons. The Hall–Kier alpha value is -2.97. The maximum absolute atomic E-state index is 14.4. The summed E-state index contributed by atoms with van der Waals surface area (Å²) in [4.78, 5) is 30.5. The summed E-state index contributed by atoms with van der Waals surface area (Å²) in [5, 5.41) is 3.46. The van der Waals surface area contributed by atoms with Crippen molar-refractivity contribution in [2.45, 2.75) is 31.2 Å². The molecule has 1 amide bonds. The first kappa shape index (κ1) is 21.3. The van der Waals surface area contributed by atoms with Crippen LogP contribution in [-0.2, 0) is 4.79 Å². The average Bonchev–Trinajstić information content (AvgIpc) is 3.20. The SMILES string of the molecule is NC(=O)C1(CC(=O)c2nc(-c3ccccc3F)sc2-c2ccc(F)cc2)CCCCN1. The van der Waals surface area contributed by atoms with E-state index in [1.165, 1.54) is 18.2 Å². The van der Waals surface area contributed by atoms with Gasteiger partial charge in [-0.05, 0) is 55.6 Å². The summed E-state index contributed by atoms with van der Waals surface area (Å²) in [5.41, 5.74) is 5.51. The van der Waals surface area contributed by atoms with Crippen LogP contribution in [-0.4, -0.2) is 28.8 Å². The van der Waals surface area contributed by atoms with Gasteiger partial charge in [0.1, 0.15) is 27.9 Å². The van der Waals surface area contributed by atoms with Crippen molar-refractivity contribution >= 4 is 23.0 Å². The van der Waals surface area contributed by atoms with Crippen molar-refractivity contribution in [3.05, 3.63) is 65.9 Å². The number of hydrogen-bond acceptors (Lipinski definition) is 5. The van der Waals surface area contributed by atoms with Gasteiger partial charge in [-0.1, -0.05) is 24.3 Å². The second-order valence-electron chi connectivity index (χ2n) is 7.61. The number of benzene rings is 2. The number of aromatic nitrogens is 1. The van der Waals surface area contributed by atoms with Gasteiger partial charge in [-0.2, -0.15) is 0 Å². The molecule has 1 atom stereocenters. The van der Waals surface area contributed by atoms with E-state index in [2.05, 4.69) is 10.3 Å². The van der Waals surface area contributed by atoms with Crippen LogP contribution in [0.1, 0.15) is 36.2 Å². The number of nitrogens with two attached hydrogens (primary N) is 1. The fourth-order valence-electron chi connectivity index (χ4n) is 3.83. The highest BCUT2D eigenvalue weighted by atomic mass is 32.1. The number of hydrogen-bond donors (Lipinski definition) is 2. The molecule has 0 spiro atoms. The van der Waals surface area contributed by atoms with Gasteiger partial charge in [0.15, 0.2) is 5.78 Å². The predicted molar refractivity (Wildman–Crippen MR) is 116 cm³/mol. The molecule has 1 saturated heterocycles. The number of thiazole rings is 1. The second kappa shape index (κ2) is 8.64. The largest absolute Gasteiger partial charge is 0.368 e. The quantitative estimate of drug-likeness (QED) is 0.558. The maximum atomic E-state index is 14.4. The zero-order valence-corrected chi connectivity index (χ0v) is 17.5. The van der Waals surface area contributed by atoms with E-state index in [9.17, 15) is 18.4 Å². The number of amides is 1. The average molecular weight is 442 g/mol. The van der Waals surface area contributed by atoms with Crippen LogP contribution >= 0.6 is 11.3 Å². The molecule has 1 aliphatic rings. The standard InChI is InChI=1S/C23H21F2N3O2S/c24-15-9-7-14(8-10-15)20-19(28-21(31-20)16-5-1-2-6-17(16)25)18(29)13-23(22(26)30)11-3-4-12-27-23/h1-2,5-10,27H,3-4,11-13H2,(H2,26,30). The summed E-state index contributed by atoms with van der Waals surface area (Å²) in [6, 6.07) is 11.9. The van der Waals surface area contributed by atoms with Gasteiger partial charge in [-0.15, -0.1) is 11.3 Å². The van der Waals surface area contributed by atoms with Crippen molar-refractivity contribution in [3.63, 3.8) is 0 Å². The highest BCUT2D eigenvalue weighted by molar-refractivity contribution is 7.18. The fraction of sp³-hybridized carbons (Fsp3) is 0.261. The minimum Gasteiger partial charge on any atom is -0.368 e. The molecule has 31 heavy (non-hydrogen) atoms. The normalized spacial score (nSPS) is 18.6. The summed E-state index contributed by atoms with van der Waals surface area (Å²) in [5.74, 6) is -1.81. The molecule has 1 fully saturated rings. The molecule has 2 heterocycles. The molecule has 0 saturated carbocycles. The molecule has 4 rings (SSSR count). The van der Waals surface area contributed by atoms with Crippen molar-refractivity contribution < 1.29 is 18.4 Å². The van der Waals surface area contributed by atoms with E-state index in [0.29, 0.717) is 28.4 Å². The number of carbonyl (C=O) groups is 2. The Labute approximate surface area is 182 Å². The van der Waals surface area contributed by atoms with Gasteiger partial charge in [0.05, 0.1) is 4.88 Å². The van der Waals surface area contributed by atoms with Crippen LogP contribution < -0.4 is 11.1 Å². The van der Waals surface area contributed by atoms with E-state index in [4.69, 9.17) is 5.73 Å². The van der Waals surface area contributed by atoms with Crippen LogP contribution in [0.5, 0.6) is 0 Å². The lowest BCUT2D eigenvalue weighted by molar-refractivity contribution is -0.125. The van der Waals surface area contributed by atoms with Gasteiger partial charge in [-0.3, -0.25) is 9.59 Å². The Kier molecular flexibility index (Phi) is 5.93. The first-order valence-corrected chi connectivity index (χ1v) is 10.8. The third kappa shape index (κ3) is 4.26. The molecule has 1 unspecified atom stereocenters. The van der Waals surface area contributed by atoms with E-state index >= 15 is 0 Å². The Morgan fingerprint density at radius 1 is 1.10 bits per heavy atom. The van der Waals surface area contributed by atoms with Crippen LogP contribution in [0.3, 0.4) is 0 Å². The maximum Gasteiger partial charge on any atom is 0.238 e. The molecular formula is C23H21F2N3O2S. The van der Waals surface area contributed by atoms with Crippen molar-refractivity contribution in [1.29, 1.82) is 0 Å². The number of nitrogens with one attached hydrogen (secondary N) is 1. The molecule has 1 aromatic heterocycles. The zero-order valence-electron chi connectivity index (χ0n) is 16.7. The number of ketones is 1. The molecule has 1 aliphatic heterocycles. The van der Waals surface area contributed by atoms with Crippen LogP contribution in [0.2, 0.25) is 0 Å². The van der Waals surface area contributed by atoms with Crippen molar-refractivity contribution in [3.8, 4) is 21.0 Å². The molecule has 8 heteroatoms. The molecule has 0 aliphatic carbocycles. The molecule has 5 nitrogen and oxygen atoms in total. The van der Waals surface area contributed by atoms with Gasteiger partial charge in [0.2, 0.25) is 5.91 Å². The molecule has 3 N–H and O–H groups in total. The lowest BCUT2D eigenvalue weighted by Gasteiger charge is -2.34. The summed E-state index contributed by atoms with van der Waals surface area (Å²) in [6.45, 7) is 0.596. The lowest BCUT2D eigenvalue weighted by Crippen LogP contribution is -2.58. The number of primary amides is 1. The number of piperidine rings is 1. The zero-order chi connectivity index (χ0) is 22.0. The smallest absolute Gasteiger partial charge is 0.238 e. The molecule has 160 valence electrons. The highest BCUT2D eigenvalue weighted by Crippen LogP contribution is 2.38. The first-order valence-electron chi connectivity index (χ1n) is 9.99. The second-order valence-corrected chi connectivity index (χ2v) is 8.61. The van der Waals surface area contributed by atoms with Crippen molar-refractivity contribution in [2.75, 3.05) is 6.54 Å². The first-order chi connectivity index (χ1) is 14.9. The van der Waals surface area contributed by atoms with Crippen LogP contribution in [0.25, 0.3) is 21.0 Å². The Morgan fingerprint density at radius 3 is 2.48 bits per heavy atom. The third-order valence-corrected chi connectivity index (χ3v) is 6.67. The monoisotopic (exact) mass is 441 g/mol. The van der Waals surface area contributed by atoms with Crippen LogP contribution in [0, 0.1) is 11.6 Å². The van der Waals surface area contributed by atoms with Gasteiger partial charge in [0, 0.05) is 12.0 Å². The Balaban J connectivity index is 1.78. The van der Waals surface area contributed by atoms with Gasteiger partial charge in [-0.25, -0.2) is 13.8 Å². The summed E-state index contributed by atoms with van der Waals surface area (Å²) in [7, 11) is 0. The number of rotatable bonds is 6. The van der Waals surface area contributed by atoms with E-state index in [0.717, 1.165) is 24.2 Å². The third-order valence-electron chi connectivity index (χ3n) is 5.53. The van der Waals surface area contributed by atoms with Crippen LogP contribution in [0.4, 0.5) is 8.78 Å².